The van der Waals surface area contributed by atoms with Gasteiger partial charge < -0.3 is 37.1 Å². The lowest BCUT2D eigenvalue weighted by Crippen LogP contribution is -2.61. The molecule has 14 heteroatoms. The van der Waals surface area contributed by atoms with Crippen molar-refractivity contribution >= 4 is 35.5 Å². The molecular formula is C34H51FN6O7. The molecule has 3 rings (SSSR count). The highest BCUT2D eigenvalue weighted by atomic mass is 19.1. The van der Waals surface area contributed by atoms with Gasteiger partial charge in [0.15, 0.2) is 0 Å². The molecule has 0 spiro atoms. The van der Waals surface area contributed by atoms with Gasteiger partial charge >= 0.3 is 12.0 Å². The summed E-state index contributed by atoms with van der Waals surface area (Å²) >= 11 is 0. The lowest BCUT2D eigenvalue weighted by atomic mass is 9.85. The fourth-order valence-corrected chi connectivity index (χ4v) is 5.68. The number of esters is 1. The van der Waals surface area contributed by atoms with Crippen LogP contribution in [-0.4, -0.2) is 76.7 Å². The van der Waals surface area contributed by atoms with Crippen LogP contribution in [0.2, 0.25) is 0 Å². The molecule has 1 unspecified atom stereocenters. The van der Waals surface area contributed by atoms with Crippen molar-refractivity contribution in [2.75, 3.05) is 6.54 Å². The Kier molecular flexibility index (Phi) is 12.3. The summed E-state index contributed by atoms with van der Waals surface area (Å²) in [6.07, 6.45) is 2.22. The maximum Gasteiger partial charge on any atom is 0.329 e. The van der Waals surface area contributed by atoms with Crippen LogP contribution in [-0.2, 0) is 35.3 Å². The van der Waals surface area contributed by atoms with Crippen LogP contribution in [0.25, 0.3) is 0 Å². The summed E-state index contributed by atoms with van der Waals surface area (Å²) < 4.78 is 18.6. The van der Waals surface area contributed by atoms with E-state index in [9.17, 15) is 33.2 Å². The minimum absolute atomic E-state index is 0.109. The third kappa shape index (κ3) is 10.5. The SMILES string of the molecule is CC(C)[C@H](NC(=O)N[C@H](C(=O)N1C[C@H](C(C)(C)N)C[C@H]1C(=O)NC(CC1CC1)C(=O)C(N)=O)C(C)(C)C)C(=O)OCc1ccc(F)cc1. The van der Waals surface area contributed by atoms with Crippen molar-refractivity contribution in [3.63, 3.8) is 0 Å². The number of carbonyl (C=O) groups excluding carboxylic acids is 6. The number of urea groups is 1. The summed E-state index contributed by atoms with van der Waals surface area (Å²) in [6.45, 7) is 12.3. The first-order valence-corrected chi connectivity index (χ1v) is 16.4. The van der Waals surface area contributed by atoms with Crippen LogP contribution in [0.3, 0.4) is 0 Å². The molecule has 1 heterocycles. The van der Waals surface area contributed by atoms with Crippen LogP contribution in [0.4, 0.5) is 9.18 Å². The number of ketones is 1. The maximum absolute atomic E-state index is 14.3. The minimum atomic E-state index is -1.15. The zero-order valence-corrected chi connectivity index (χ0v) is 28.9. The number of likely N-dealkylation sites (tertiary alicyclic amines) is 1. The van der Waals surface area contributed by atoms with E-state index in [2.05, 4.69) is 16.0 Å². The molecule has 1 aromatic rings. The lowest BCUT2D eigenvalue weighted by molar-refractivity contribution is -0.148. The van der Waals surface area contributed by atoms with Crippen LogP contribution in [0.1, 0.15) is 79.7 Å². The van der Waals surface area contributed by atoms with Crippen molar-refractivity contribution in [3.8, 4) is 0 Å². The molecule has 1 saturated carbocycles. The van der Waals surface area contributed by atoms with E-state index in [-0.39, 0.29) is 43.7 Å². The van der Waals surface area contributed by atoms with E-state index < -0.39 is 76.4 Å². The predicted octanol–water partition coefficient (Wildman–Crippen LogP) is 1.90. The quantitative estimate of drug-likeness (QED) is 0.145. The molecule has 13 nitrogen and oxygen atoms in total. The van der Waals surface area contributed by atoms with Crippen LogP contribution in [0.15, 0.2) is 24.3 Å². The van der Waals surface area contributed by atoms with E-state index in [1.165, 1.54) is 29.2 Å². The summed E-state index contributed by atoms with van der Waals surface area (Å²) in [6, 6.07) is 0.302. The standard InChI is InChI=1S/C34H51FN6O7/c1-18(2)25(31(46)48-17-20-10-12-22(35)13-11-20)39-32(47)40-27(33(3,4)5)30(45)41-16-21(34(6,7)37)15-24(41)29(44)38-23(14-19-8-9-19)26(42)28(36)43/h10-13,18-19,21,23-25,27H,8-9,14-17,37H2,1-7H3,(H2,36,43)(H,38,44)(H2,39,40,47)/t21-,23?,24+,25+,27-/m1/s1. The average molecular weight is 675 g/mol. The van der Waals surface area contributed by atoms with Gasteiger partial charge in [0.25, 0.3) is 5.91 Å². The summed E-state index contributed by atoms with van der Waals surface area (Å²) in [5, 5.41) is 7.99. The normalized spacial score (nSPS) is 20.0. The number of ether oxygens (including phenoxy) is 1. The molecule has 0 radical (unpaired) electrons. The number of Topliss-reactive ketones (excluding diaryl/α,β-unsaturated/α-hetero) is 1. The number of rotatable bonds is 14. The Morgan fingerprint density at radius 1 is 0.979 bits per heavy atom. The molecule has 1 aliphatic heterocycles. The molecular weight excluding hydrogens is 623 g/mol. The zero-order chi connectivity index (χ0) is 36.1. The largest absolute Gasteiger partial charge is 0.459 e. The highest BCUT2D eigenvalue weighted by Crippen LogP contribution is 2.35. The third-order valence-corrected chi connectivity index (χ3v) is 8.97. The predicted molar refractivity (Wildman–Crippen MR) is 175 cm³/mol. The molecule has 1 saturated heterocycles. The fraction of sp³-hybridized carbons (Fsp3) is 0.647. The molecule has 1 aromatic carbocycles. The lowest BCUT2D eigenvalue weighted by Gasteiger charge is -2.36. The summed E-state index contributed by atoms with van der Waals surface area (Å²) in [5.41, 5.74) is 10.6. The van der Waals surface area contributed by atoms with E-state index in [0.29, 0.717) is 5.56 Å². The van der Waals surface area contributed by atoms with E-state index in [4.69, 9.17) is 16.2 Å². The number of benzene rings is 1. The Labute approximate surface area is 281 Å². The summed E-state index contributed by atoms with van der Waals surface area (Å²) in [4.78, 5) is 80.0. The van der Waals surface area contributed by atoms with Gasteiger partial charge in [-0.25, -0.2) is 14.0 Å². The third-order valence-electron chi connectivity index (χ3n) is 8.97. The first-order chi connectivity index (χ1) is 22.2. The molecule has 1 aliphatic carbocycles. The van der Waals surface area contributed by atoms with Crippen molar-refractivity contribution in [1.82, 2.24) is 20.9 Å². The molecule has 0 aromatic heterocycles. The Morgan fingerprint density at radius 3 is 2.08 bits per heavy atom. The van der Waals surface area contributed by atoms with Crippen LogP contribution < -0.4 is 27.4 Å². The summed E-state index contributed by atoms with van der Waals surface area (Å²) in [5.74, 6) is -4.84. The topological polar surface area (TPSA) is 203 Å². The van der Waals surface area contributed by atoms with Gasteiger partial charge in [-0.15, -0.1) is 0 Å². The average Bonchev–Trinajstić information content (AvgIpc) is 3.68. The molecule has 7 N–H and O–H groups in total. The van der Waals surface area contributed by atoms with Crippen LogP contribution >= 0.6 is 0 Å². The highest BCUT2D eigenvalue weighted by molar-refractivity contribution is 6.37. The van der Waals surface area contributed by atoms with Crippen molar-refractivity contribution in [2.45, 2.75) is 110 Å². The molecule has 266 valence electrons. The maximum atomic E-state index is 14.3. The molecule has 0 bridgehead atoms. The second kappa shape index (κ2) is 15.4. The van der Waals surface area contributed by atoms with E-state index in [1.54, 1.807) is 48.5 Å². The van der Waals surface area contributed by atoms with Crippen LogP contribution in [0, 0.1) is 29.0 Å². The number of hydrogen-bond donors (Lipinski definition) is 5. The number of amides is 5. The van der Waals surface area contributed by atoms with Crippen molar-refractivity contribution < 1.29 is 37.9 Å². The number of nitrogens with zero attached hydrogens (tertiary/aromatic N) is 1. The number of hydrogen-bond acceptors (Lipinski definition) is 8. The zero-order valence-electron chi connectivity index (χ0n) is 28.9. The van der Waals surface area contributed by atoms with Gasteiger partial charge in [0, 0.05) is 12.1 Å². The van der Waals surface area contributed by atoms with Gasteiger partial charge in [-0.2, -0.15) is 0 Å². The monoisotopic (exact) mass is 674 g/mol. The van der Waals surface area contributed by atoms with Crippen LogP contribution in [0.5, 0.6) is 0 Å². The van der Waals surface area contributed by atoms with Gasteiger partial charge in [0.05, 0.1) is 6.04 Å². The molecule has 2 aliphatic rings. The van der Waals surface area contributed by atoms with Crippen molar-refractivity contribution in [1.29, 1.82) is 0 Å². The minimum Gasteiger partial charge on any atom is -0.459 e. The van der Waals surface area contributed by atoms with Gasteiger partial charge in [0.2, 0.25) is 17.6 Å². The molecule has 2 fully saturated rings. The number of halogens is 1. The van der Waals surface area contributed by atoms with Gasteiger partial charge in [-0.3, -0.25) is 19.2 Å². The van der Waals surface area contributed by atoms with Crippen molar-refractivity contribution in [3.05, 3.63) is 35.6 Å². The Morgan fingerprint density at radius 2 is 1.58 bits per heavy atom. The molecule has 48 heavy (non-hydrogen) atoms. The smallest absolute Gasteiger partial charge is 0.329 e. The number of carbonyl (C=O) groups is 6. The molecule has 5 atom stereocenters. The number of nitrogens with two attached hydrogens (primary N) is 2. The second-order valence-electron chi connectivity index (χ2n) is 15.1. The molecule has 5 amide bonds. The van der Waals surface area contributed by atoms with E-state index >= 15 is 0 Å². The Bertz CT molecular complexity index is 1370. The van der Waals surface area contributed by atoms with Gasteiger partial charge in [-0.05, 0) is 67.6 Å². The number of nitrogens with one attached hydrogen (secondary N) is 3. The highest BCUT2D eigenvalue weighted by Gasteiger charge is 2.48. The Hall–Kier alpha value is -4.07. The number of primary amides is 1. The van der Waals surface area contributed by atoms with E-state index in [1.807, 2.05) is 0 Å². The van der Waals surface area contributed by atoms with Crippen molar-refractivity contribution in [2.24, 2.45) is 34.6 Å². The first-order valence-electron chi connectivity index (χ1n) is 16.4. The second-order valence-corrected chi connectivity index (χ2v) is 15.1. The first kappa shape index (κ1) is 38.4. The van der Waals surface area contributed by atoms with Gasteiger partial charge in [0.1, 0.15) is 30.5 Å². The Balaban J connectivity index is 1.78. The fourth-order valence-electron chi connectivity index (χ4n) is 5.68. The van der Waals surface area contributed by atoms with Gasteiger partial charge in [-0.1, -0.05) is 59.6 Å². The summed E-state index contributed by atoms with van der Waals surface area (Å²) in [7, 11) is 0. The van der Waals surface area contributed by atoms with E-state index in [0.717, 1.165) is 12.8 Å².